The van der Waals surface area contributed by atoms with E-state index in [2.05, 4.69) is 23.3 Å². The minimum absolute atomic E-state index is 1.48. The van der Waals surface area contributed by atoms with Crippen molar-refractivity contribution in [2.45, 2.75) is 0 Å². The monoisotopic (exact) mass is 897 g/mol. The average Bonchev–Trinajstić information content (AvgIpc) is 2.71. The first-order valence-corrected chi connectivity index (χ1v) is 40.8. The largest absolute Gasteiger partial charge is 0.0988 e. The molecule has 0 fully saturated rings. The summed E-state index contributed by atoms with van der Waals surface area (Å²) < 4.78 is 0. The van der Waals surface area contributed by atoms with Crippen LogP contribution in [-0.4, -0.2) is 0 Å². The smallest absolute Gasteiger partial charge is 0 e. The summed E-state index contributed by atoms with van der Waals surface area (Å²) in [7, 11) is 46.0. The maximum Gasteiger partial charge on any atom is 0 e. The van der Waals surface area contributed by atoms with Crippen LogP contribution in [0.1, 0.15) is 0 Å². The molecule has 0 radical (unpaired) electrons. The molecule has 170 valence electrons. The van der Waals surface area contributed by atoms with E-state index in [4.69, 9.17) is 0 Å². The molecule has 28 heavy (non-hydrogen) atoms. The molecule has 0 aromatic heterocycles. The van der Waals surface area contributed by atoms with E-state index in [1.807, 2.05) is 138 Å². The first-order chi connectivity index (χ1) is 13.9. The van der Waals surface area contributed by atoms with Crippen LogP contribution in [0.2, 0.25) is 0 Å². The Morgan fingerprint density at radius 2 is 0.286 bits per heavy atom. The molecule has 0 aromatic rings. The molecule has 0 bridgehead atoms. The van der Waals surface area contributed by atoms with Crippen molar-refractivity contribution in [3.05, 3.63) is 0 Å². The van der Waals surface area contributed by atoms with E-state index in [9.17, 15) is 0 Å². The fourth-order valence-corrected chi connectivity index (χ4v) is 66.7. The normalized spacial score (nSPS) is 11.4. The van der Waals surface area contributed by atoms with Gasteiger partial charge in [0.2, 0.25) is 0 Å². The van der Waals surface area contributed by atoms with Gasteiger partial charge in [-0.25, -0.2) is 0 Å². The molecule has 0 saturated carbocycles. The van der Waals surface area contributed by atoms with Crippen LogP contribution >= 0.6 is 279 Å². The molecular weight excluding hydrogens is 898 g/mol. The summed E-state index contributed by atoms with van der Waals surface area (Å²) in [5, 5.41) is 0. The second-order valence-corrected chi connectivity index (χ2v) is 48.1. The second-order valence-electron chi connectivity index (χ2n) is 1.78. The number of hydrogen-bond acceptors (Lipinski definition) is 28. The van der Waals surface area contributed by atoms with Crippen LogP contribution < -0.4 is 0 Å². The minimum Gasteiger partial charge on any atom is -0.0988 e. The van der Waals surface area contributed by atoms with Gasteiger partial charge in [0, 0.05) is 98.3 Å². The van der Waals surface area contributed by atoms with E-state index in [-0.39, 0.29) is 0 Å². The third-order valence-corrected chi connectivity index (χ3v) is 56.7. The Kier molecular flexibility index (Phi) is 49.7. The van der Waals surface area contributed by atoms with Crippen LogP contribution in [0.3, 0.4) is 0 Å². The molecule has 0 aliphatic heterocycles. The van der Waals surface area contributed by atoms with Crippen LogP contribution in [0.15, 0.2) is 0 Å². The van der Waals surface area contributed by atoms with Crippen molar-refractivity contribution >= 4 is 279 Å². The van der Waals surface area contributed by atoms with E-state index in [1.165, 1.54) is 19.7 Å². The van der Waals surface area contributed by atoms with E-state index >= 15 is 0 Å². The van der Waals surface area contributed by atoms with E-state index in [0.29, 0.717) is 0 Å². The van der Waals surface area contributed by atoms with Gasteiger partial charge in [-0.2, -0.15) is 0 Å². The van der Waals surface area contributed by atoms with Gasteiger partial charge in [-0.05, 0) is 157 Å². The van der Waals surface area contributed by atoms with Gasteiger partial charge < -0.3 is 0 Å². The lowest BCUT2D eigenvalue weighted by molar-refractivity contribution is 5.60. The Hall–Kier alpha value is 9.80. The lowest BCUT2D eigenvalue weighted by Crippen LogP contribution is -1.34. The first-order valence-electron chi connectivity index (χ1n) is 4.53. The average molecular weight is 900 g/mol. The molecule has 0 aromatic carbocycles. The Labute approximate surface area is 272 Å². The second kappa shape index (κ2) is 36.8. The van der Waals surface area contributed by atoms with E-state index in [0.717, 1.165) is 0 Å². The molecular formula is H2S28. The van der Waals surface area contributed by atoms with Crippen molar-refractivity contribution in [1.29, 1.82) is 0 Å². The molecule has 0 heterocycles. The van der Waals surface area contributed by atoms with Gasteiger partial charge in [0.15, 0.2) is 0 Å². The van der Waals surface area contributed by atoms with E-state index in [1.54, 1.807) is 98.3 Å². The summed E-state index contributed by atoms with van der Waals surface area (Å²) in [5.74, 6) is 0. The standard InChI is InChI=1S/H2S28/c1-3-5-7-9-11-13-15-17-19-21-23-25-27-28-26-24-22-20-18-16-14-12-10-8-6-4-2/h1-2H. The fraction of sp³-hybridized carbons (Fsp3) is 0. The Morgan fingerprint density at radius 1 is 0.179 bits per heavy atom. The molecule has 0 nitrogen and oxygen atoms in total. The Bertz CT molecular complexity index is 218. The number of thiol groups is 2. The van der Waals surface area contributed by atoms with Gasteiger partial charge in [0.25, 0.3) is 0 Å². The van der Waals surface area contributed by atoms with Crippen LogP contribution in [0.4, 0.5) is 0 Å². The summed E-state index contributed by atoms with van der Waals surface area (Å²) >= 11 is 8.13. The first kappa shape index (κ1) is 37.8. The number of rotatable bonds is 25. The third kappa shape index (κ3) is 35.8. The molecule has 0 amide bonds. The third-order valence-electron chi connectivity index (χ3n) is 0.700. The van der Waals surface area contributed by atoms with Crippen molar-refractivity contribution in [2.75, 3.05) is 0 Å². The van der Waals surface area contributed by atoms with Crippen LogP contribution in [-0.2, 0) is 0 Å². The molecule has 0 atom stereocenters. The predicted octanol–water partition coefficient (Wildman–Crippen LogP) is 17.6. The molecule has 0 saturated heterocycles. The zero-order valence-corrected chi connectivity index (χ0v) is 34.5. The molecule has 0 N–H and O–H groups in total. The van der Waals surface area contributed by atoms with Gasteiger partial charge in [-0.15, -0.1) is 0 Å². The van der Waals surface area contributed by atoms with Gasteiger partial charge in [-0.3, -0.25) is 0 Å². The highest BCUT2D eigenvalue weighted by Gasteiger charge is 2.01. The predicted molar refractivity (Wildman–Crippen MR) is 215 cm³/mol. The van der Waals surface area contributed by atoms with Gasteiger partial charge in [0.1, 0.15) is 0 Å². The molecule has 28 heteroatoms. The lowest BCUT2D eigenvalue weighted by Gasteiger charge is -1.99. The highest BCUT2D eigenvalue weighted by Crippen LogP contribution is 2.66. The fourth-order valence-electron chi connectivity index (χ4n) is 0.274. The van der Waals surface area contributed by atoms with Crippen molar-refractivity contribution in [3.8, 4) is 0 Å². The summed E-state index contributed by atoms with van der Waals surface area (Å²) in [6.45, 7) is 0. The summed E-state index contributed by atoms with van der Waals surface area (Å²) in [6, 6.07) is 0. The maximum absolute atomic E-state index is 4.07. The van der Waals surface area contributed by atoms with Crippen molar-refractivity contribution in [1.82, 2.24) is 0 Å². The number of hydrogen-bond donors (Lipinski definition) is 2. The molecule has 0 rings (SSSR count). The van der Waals surface area contributed by atoms with Crippen LogP contribution in [0.5, 0.6) is 0 Å². The highest BCUT2D eigenvalue weighted by molar-refractivity contribution is 9.60. The molecule has 0 aliphatic carbocycles. The quantitative estimate of drug-likeness (QED) is 0.0507. The van der Waals surface area contributed by atoms with Crippen molar-refractivity contribution in [2.24, 2.45) is 0 Å². The Balaban J connectivity index is 2.96. The highest BCUT2D eigenvalue weighted by atomic mass is 34.1. The van der Waals surface area contributed by atoms with Crippen LogP contribution in [0.25, 0.3) is 0 Å². The SMILES string of the molecule is SSSSSSSSSSSSSSSSSSSSSSSSSSSS. The van der Waals surface area contributed by atoms with Gasteiger partial charge in [-0.1, -0.05) is 23.3 Å². The molecule has 0 unspecified atom stereocenters. The maximum atomic E-state index is 4.07. The zero-order chi connectivity index (χ0) is 20.4. The zero-order valence-electron chi connectivity index (χ0n) is 11.5. The summed E-state index contributed by atoms with van der Waals surface area (Å²) in [4.78, 5) is 0. The van der Waals surface area contributed by atoms with Crippen molar-refractivity contribution in [3.63, 3.8) is 0 Å². The molecule has 0 spiro atoms. The lowest BCUT2D eigenvalue weighted by atomic mass is 30.1. The topological polar surface area (TPSA) is 0 Å². The Morgan fingerprint density at radius 3 is 0.393 bits per heavy atom. The summed E-state index contributed by atoms with van der Waals surface area (Å²) in [6.07, 6.45) is 0. The summed E-state index contributed by atoms with van der Waals surface area (Å²) in [5.41, 5.74) is 0. The van der Waals surface area contributed by atoms with Gasteiger partial charge >= 0.3 is 0 Å². The minimum atomic E-state index is 1.48. The van der Waals surface area contributed by atoms with Gasteiger partial charge in [0.05, 0.1) is 0 Å². The molecule has 0 aliphatic rings. The van der Waals surface area contributed by atoms with E-state index < -0.39 is 0 Å². The van der Waals surface area contributed by atoms with Crippen molar-refractivity contribution < 1.29 is 0 Å². The van der Waals surface area contributed by atoms with Crippen LogP contribution in [0, 0.1) is 0 Å².